The maximum atomic E-state index is 13.6. The van der Waals surface area contributed by atoms with E-state index < -0.39 is 18.0 Å². The maximum absolute atomic E-state index is 13.6. The lowest BCUT2D eigenvalue weighted by atomic mass is 9.97. The lowest BCUT2D eigenvalue weighted by molar-refractivity contribution is -0.124. The molecule has 0 saturated carbocycles. The van der Waals surface area contributed by atoms with E-state index in [-0.39, 0.29) is 17.7 Å². The van der Waals surface area contributed by atoms with Crippen LogP contribution in [0.15, 0.2) is 71.5 Å². The van der Waals surface area contributed by atoms with Crippen molar-refractivity contribution in [3.8, 4) is 16.9 Å². The second-order valence-electron chi connectivity index (χ2n) is 8.59. The van der Waals surface area contributed by atoms with Crippen LogP contribution in [0.3, 0.4) is 0 Å². The highest BCUT2D eigenvalue weighted by atomic mass is 35.5. The Morgan fingerprint density at radius 2 is 1.68 bits per heavy atom. The number of hydrogen-bond acceptors (Lipinski definition) is 5. The highest BCUT2D eigenvalue weighted by Crippen LogP contribution is 2.33. The second-order valence-corrected chi connectivity index (χ2v) is 9.00. The van der Waals surface area contributed by atoms with Crippen molar-refractivity contribution < 1.29 is 19.1 Å². The topological polar surface area (TPSA) is 86.6 Å². The van der Waals surface area contributed by atoms with Crippen molar-refractivity contribution in [2.24, 2.45) is 7.05 Å². The van der Waals surface area contributed by atoms with Crippen LogP contribution in [0.5, 0.6) is 5.75 Å². The van der Waals surface area contributed by atoms with Crippen LogP contribution >= 0.6 is 11.6 Å². The van der Waals surface area contributed by atoms with E-state index in [4.69, 9.17) is 21.1 Å². The fourth-order valence-electron chi connectivity index (χ4n) is 4.25. The van der Waals surface area contributed by atoms with Crippen molar-refractivity contribution in [1.29, 1.82) is 0 Å². The molecule has 1 amide bonds. The predicted molar refractivity (Wildman–Crippen MR) is 145 cm³/mol. The Morgan fingerprint density at radius 3 is 2.32 bits per heavy atom. The van der Waals surface area contributed by atoms with Gasteiger partial charge in [-0.2, -0.15) is 0 Å². The Labute approximate surface area is 219 Å². The molecule has 0 aliphatic rings. The summed E-state index contributed by atoms with van der Waals surface area (Å²) >= 11 is 6.17. The highest BCUT2D eigenvalue weighted by molar-refractivity contribution is 6.31. The Hall–Kier alpha value is -4.10. The van der Waals surface area contributed by atoms with Crippen molar-refractivity contribution in [1.82, 2.24) is 4.57 Å². The molecule has 7 nitrogen and oxygen atoms in total. The van der Waals surface area contributed by atoms with Gasteiger partial charge >= 0.3 is 5.97 Å². The monoisotopic (exact) mass is 518 g/mol. The number of hydrogen-bond donors (Lipinski definition) is 1. The number of pyridine rings is 1. The van der Waals surface area contributed by atoms with Crippen molar-refractivity contribution in [2.75, 3.05) is 12.4 Å². The molecule has 1 unspecified atom stereocenters. The Kier molecular flexibility index (Phi) is 7.64. The number of fused-ring (bicyclic) bond motifs is 1. The van der Waals surface area contributed by atoms with Crippen LogP contribution in [-0.4, -0.2) is 29.7 Å². The minimum absolute atomic E-state index is 0.0704. The van der Waals surface area contributed by atoms with Gasteiger partial charge in [0.1, 0.15) is 11.4 Å². The average Bonchev–Trinajstić information content (AvgIpc) is 2.91. The Balaban J connectivity index is 1.74. The molecule has 0 radical (unpaired) electrons. The molecule has 1 aromatic heterocycles. The first-order valence-corrected chi connectivity index (χ1v) is 12.2. The Bertz CT molecular complexity index is 1550. The van der Waals surface area contributed by atoms with Gasteiger partial charge in [0, 0.05) is 29.1 Å². The molecule has 0 saturated heterocycles. The number of carbonyl (C=O) groups excluding carboxylic acids is 2. The van der Waals surface area contributed by atoms with Crippen LogP contribution in [0.1, 0.15) is 29.4 Å². The third kappa shape index (κ3) is 5.08. The number of carbonyl (C=O) groups is 2. The number of rotatable bonds is 7. The van der Waals surface area contributed by atoms with Crippen molar-refractivity contribution in [2.45, 2.75) is 26.4 Å². The van der Waals surface area contributed by atoms with Gasteiger partial charge in [-0.25, -0.2) is 4.79 Å². The largest absolute Gasteiger partial charge is 0.495 e. The number of nitrogens with one attached hydrogen (secondary N) is 1. The Morgan fingerprint density at radius 1 is 1.03 bits per heavy atom. The molecule has 4 aromatic rings. The first-order valence-electron chi connectivity index (χ1n) is 11.8. The summed E-state index contributed by atoms with van der Waals surface area (Å²) in [4.78, 5) is 39.9. The SMILES string of the molecule is CCC(OC(=O)c1c(-c2ccccc2)c2ccccc2c(=O)n1C)C(=O)Nc1cc(C)c(Cl)cc1OC. The van der Waals surface area contributed by atoms with E-state index in [2.05, 4.69) is 5.32 Å². The summed E-state index contributed by atoms with van der Waals surface area (Å²) in [7, 11) is 3.00. The summed E-state index contributed by atoms with van der Waals surface area (Å²) in [6.07, 6.45) is -0.896. The smallest absolute Gasteiger partial charge is 0.356 e. The van der Waals surface area contributed by atoms with Crippen LogP contribution in [0.25, 0.3) is 21.9 Å². The summed E-state index contributed by atoms with van der Waals surface area (Å²) in [5.41, 5.74) is 2.21. The number of amides is 1. The van der Waals surface area contributed by atoms with Gasteiger partial charge in [-0.1, -0.05) is 67.1 Å². The van der Waals surface area contributed by atoms with Gasteiger partial charge in [-0.3, -0.25) is 9.59 Å². The van der Waals surface area contributed by atoms with Crippen LogP contribution < -0.4 is 15.6 Å². The van der Waals surface area contributed by atoms with E-state index in [9.17, 15) is 14.4 Å². The van der Waals surface area contributed by atoms with Gasteiger partial charge in [0.2, 0.25) is 0 Å². The summed E-state index contributed by atoms with van der Waals surface area (Å²) in [6, 6.07) is 19.7. The molecule has 190 valence electrons. The van der Waals surface area contributed by atoms with E-state index in [1.807, 2.05) is 36.4 Å². The number of nitrogens with zero attached hydrogens (tertiary/aromatic N) is 1. The van der Waals surface area contributed by atoms with Gasteiger partial charge in [-0.05, 0) is 42.0 Å². The molecule has 0 aliphatic heterocycles. The van der Waals surface area contributed by atoms with E-state index in [0.29, 0.717) is 32.8 Å². The summed E-state index contributed by atoms with van der Waals surface area (Å²) in [5.74, 6) is -0.915. The zero-order valence-electron chi connectivity index (χ0n) is 21.0. The third-order valence-corrected chi connectivity index (χ3v) is 6.62. The number of aromatic nitrogens is 1. The zero-order valence-corrected chi connectivity index (χ0v) is 21.8. The molecule has 1 heterocycles. The fraction of sp³-hybridized carbons (Fsp3) is 0.207. The molecular weight excluding hydrogens is 492 g/mol. The third-order valence-electron chi connectivity index (χ3n) is 6.21. The van der Waals surface area contributed by atoms with Crippen molar-refractivity contribution >= 4 is 39.9 Å². The molecule has 0 bridgehead atoms. The van der Waals surface area contributed by atoms with Gasteiger partial charge in [0.15, 0.2) is 6.10 Å². The summed E-state index contributed by atoms with van der Waals surface area (Å²) in [5, 5.41) is 4.38. The first kappa shape index (κ1) is 26.0. The molecule has 3 aromatic carbocycles. The van der Waals surface area contributed by atoms with Gasteiger partial charge in [-0.15, -0.1) is 0 Å². The number of ether oxygens (including phenoxy) is 2. The molecule has 4 rings (SSSR count). The van der Waals surface area contributed by atoms with Crippen LogP contribution in [0.4, 0.5) is 5.69 Å². The molecule has 0 aliphatic carbocycles. The number of benzene rings is 3. The van der Waals surface area contributed by atoms with E-state index in [1.165, 1.54) is 18.7 Å². The number of methoxy groups -OCH3 is 1. The van der Waals surface area contributed by atoms with E-state index in [0.717, 1.165) is 11.1 Å². The van der Waals surface area contributed by atoms with Crippen LogP contribution in [0, 0.1) is 6.92 Å². The molecule has 1 N–H and O–H groups in total. The van der Waals surface area contributed by atoms with Crippen molar-refractivity contribution in [3.63, 3.8) is 0 Å². The fourth-order valence-corrected chi connectivity index (χ4v) is 4.41. The zero-order chi connectivity index (χ0) is 26.7. The number of aryl methyl sites for hydroxylation is 1. The summed E-state index contributed by atoms with van der Waals surface area (Å²) in [6.45, 7) is 3.54. The van der Waals surface area contributed by atoms with Crippen LogP contribution in [-0.2, 0) is 16.6 Å². The minimum atomic E-state index is -1.11. The molecule has 0 spiro atoms. The molecule has 37 heavy (non-hydrogen) atoms. The molecular formula is C29H27ClN2O5. The van der Waals surface area contributed by atoms with Gasteiger partial charge < -0.3 is 19.4 Å². The first-order chi connectivity index (χ1) is 17.8. The number of anilines is 1. The average molecular weight is 519 g/mol. The van der Waals surface area contributed by atoms with E-state index >= 15 is 0 Å². The highest BCUT2D eigenvalue weighted by Gasteiger charge is 2.28. The quantitative estimate of drug-likeness (QED) is 0.315. The maximum Gasteiger partial charge on any atom is 0.356 e. The van der Waals surface area contributed by atoms with Gasteiger partial charge in [0.05, 0.1) is 12.8 Å². The standard InChI is InChI=1S/C29H27ClN2O5/c1-5-23(27(33)31-22-15-17(2)21(30)16-24(22)36-4)37-29(35)26-25(18-11-7-6-8-12-18)19-13-9-10-14-20(19)28(34)32(26)3/h6-16,23H,5H2,1-4H3,(H,31,33). The normalized spacial score (nSPS) is 11.7. The lowest BCUT2D eigenvalue weighted by Crippen LogP contribution is -2.34. The van der Waals surface area contributed by atoms with Crippen LogP contribution in [0.2, 0.25) is 5.02 Å². The number of esters is 1. The second kappa shape index (κ2) is 10.9. The number of halogens is 1. The minimum Gasteiger partial charge on any atom is -0.495 e. The van der Waals surface area contributed by atoms with E-state index in [1.54, 1.807) is 44.2 Å². The molecule has 8 heteroatoms. The lowest BCUT2D eigenvalue weighted by Gasteiger charge is -2.21. The summed E-state index contributed by atoms with van der Waals surface area (Å²) < 4.78 is 12.3. The van der Waals surface area contributed by atoms with Crippen molar-refractivity contribution in [3.05, 3.63) is 93.4 Å². The molecule has 0 fully saturated rings. The van der Waals surface area contributed by atoms with Gasteiger partial charge in [0.25, 0.3) is 11.5 Å². The predicted octanol–water partition coefficient (Wildman–Crippen LogP) is 5.75. The molecule has 1 atom stereocenters.